The van der Waals surface area contributed by atoms with E-state index in [4.69, 9.17) is 20.1 Å². The fraction of sp³-hybridized carbons (Fsp3) is 1.00. The monoisotopic (exact) mass is 246 g/mol. The summed E-state index contributed by atoms with van der Waals surface area (Å²) in [5.74, 6) is -0.483. The van der Waals surface area contributed by atoms with Gasteiger partial charge in [0.1, 0.15) is 0 Å². The minimum Gasteiger partial charge on any atom is -0.394 e. The molecular formula is C13H26O4. The van der Waals surface area contributed by atoms with Crippen molar-refractivity contribution in [2.45, 2.75) is 63.8 Å². The molecule has 2 atom stereocenters. The van der Waals surface area contributed by atoms with E-state index in [1.165, 1.54) is 19.3 Å². The van der Waals surface area contributed by atoms with Gasteiger partial charge in [-0.25, -0.2) is 0 Å². The lowest BCUT2D eigenvalue weighted by Crippen LogP contribution is -2.21. The standard InChI is InChI=1S/C8H16O2.C5H10O2/c1-7-2-3-8(6-7)10-5-4-9;6-5(7)3-1-2-4-5/h7-9H,2-6H2,1H3;6-7H,1-4H2. The van der Waals surface area contributed by atoms with Crippen LogP contribution in [0.25, 0.3) is 0 Å². The van der Waals surface area contributed by atoms with Gasteiger partial charge < -0.3 is 20.1 Å². The minimum atomic E-state index is -1.31. The summed E-state index contributed by atoms with van der Waals surface area (Å²) in [5, 5.41) is 26.0. The van der Waals surface area contributed by atoms with Gasteiger partial charge in [-0.15, -0.1) is 0 Å². The summed E-state index contributed by atoms with van der Waals surface area (Å²) in [6.07, 6.45) is 7.14. The number of aliphatic hydroxyl groups is 3. The molecule has 17 heavy (non-hydrogen) atoms. The maximum atomic E-state index is 8.75. The number of aliphatic hydroxyl groups excluding tert-OH is 1. The van der Waals surface area contributed by atoms with E-state index in [2.05, 4.69) is 6.92 Å². The Balaban J connectivity index is 0.000000181. The second-order valence-electron chi connectivity index (χ2n) is 5.32. The average molecular weight is 246 g/mol. The van der Waals surface area contributed by atoms with Crippen LogP contribution < -0.4 is 0 Å². The maximum Gasteiger partial charge on any atom is 0.162 e. The summed E-state index contributed by atoms with van der Waals surface area (Å²) >= 11 is 0. The zero-order chi connectivity index (χ0) is 12.7. The van der Waals surface area contributed by atoms with Crippen LogP contribution in [0.4, 0.5) is 0 Å². The molecule has 0 saturated heterocycles. The Kier molecular flexibility index (Phi) is 6.41. The van der Waals surface area contributed by atoms with Gasteiger partial charge in [0.15, 0.2) is 5.79 Å². The van der Waals surface area contributed by atoms with Crippen molar-refractivity contribution in [3.63, 3.8) is 0 Å². The first kappa shape index (κ1) is 14.9. The quantitative estimate of drug-likeness (QED) is 0.659. The highest BCUT2D eigenvalue weighted by Gasteiger charge is 2.26. The molecule has 0 aliphatic heterocycles. The Morgan fingerprint density at radius 3 is 2.18 bits per heavy atom. The topological polar surface area (TPSA) is 69.9 Å². The van der Waals surface area contributed by atoms with E-state index in [1.54, 1.807) is 0 Å². The van der Waals surface area contributed by atoms with Crippen LogP contribution in [0.5, 0.6) is 0 Å². The molecule has 0 heterocycles. The highest BCUT2D eigenvalue weighted by molar-refractivity contribution is 4.72. The van der Waals surface area contributed by atoms with E-state index >= 15 is 0 Å². The second kappa shape index (κ2) is 7.31. The summed E-state index contributed by atoms with van der Waals surface area (Å²) in [7, 11) is 0. The third-order valence-corrected chi connectivity index (χ3v) is 3.50. The molecule has 102 valence electrons. The summed E-state index contributed by atoms with van der Waals surface area (Å²) in [6.45, 7) is 2.92. The van der Waals surface area contributed by atoms with Crippen molar-refractivity contribution >= 4 is 0 Å². The van der Waals surface area contributed by atoms with Crippen LogP contribution in [0, 0.1) is 5.92 Å². The van der Waals surface area contributed by atoms with Crippen molar-refractivity contribution in [2.24, 2.45) is 5.92 Å². The van der Waals surface area contributed by atoms with E-state index in [0.29, 0.717) is 25.6 Å². The Hall–Kier alpha value is -0.160. The van der Waals surface area contributed by atoms with Gasteiger partial charge in [0.25, 0.3) is 0 Å². The van der Waals surface area contributed by atoms with Gasteiger partial charge in [-0.1, -0.05) is 6.92 Å². The number of hydrogen-bond donors (Lipinski definition) is 3. The predicted molar refractivity (Wildman–Crippen MR) is 65.5 cm³/mol. The van der Waals surface area contributed by atoms with Crippen LogP contribution in [-0.4, -0.2) is 40.4 Å². The summed E-state index contributed by atoms with van der Waals surface area (Å²) in [6, 6.07) is 0. The van der Waals surface area contributed by atoms with Crippen LogP contribution in [0.2, 0.25) is 0 Å². The maximum absolute atomic E-state index is 8.75. The van der Waals surface area contributed by atoms with Crippen LogP contribution in [-0.2, 0) is 4.74 Å². The van der Waals surface area contributed by atoms with Crippen molar-refractivity contribution in [2.75, 3.05) is 13.2 Å². The Morgan fingerprint density at radius 1 is 1.18 bits per heavy atom. The third-order valence-electron chi connectivity index (χ3n) is 3.50. The lowest BCUT2D eigenvalue weighted by molar-refractivity contribution is -0.152. The molecule has 2 unspecified atom stereocenters. The molecular weight excluding hydrogens is 220 g/mol. The largest absolute Gasteiger partial charge is 0.394 e. The van der Waals surface area contributed by atoms with E-state index in [0.717, 1.165) is 18.8 Å². The molecule has 3 N–H and O–H groups in total. The predicted octanol–water partition coefficient (Wildman–Crippen LogP) is 1.43. The Morgan fingerprint density at radius 2 is 1.82 bits per heavy atom. The van der Waals surface area contributed by atoms with Crippen molar-refractivity contribution in [1.29, 1.82) is 0 Å². The van der Waals surface area contributed by atoms with Crippen molar-refractivity contribution in [1.82, 2.24) is 0 Å². The third kappa shape index (κ3) is 6.36. The fourth-order valence-electron chi connectivity index (χ4n) is 2.47. The van der Waals surface area contributed by atoms with Gasteiger partial charge in [-0.05, 0) is 38.0 Å². The van der Waals surface area contributed by atoms with Crippen LogP contribution in [0.1, 0.15) is 51.9 Å². The van der Waals surface area contributed by atoms with Gasteiger partial charge in [0.2, 0.25) is 0 Å². The summed E-state index contributed by atoms with van der Waals surface area (Å²) in [4.78, 5) is 0. The minimum absolute atomic E-state index is 0.158. The molecule has 0 aromatic rings. The van der Waals surface area contributed by atoms with Crippen molar-refractivity contribution < 1.29 is 20.1 Å². The molecule has 2 fully saturated rings. The molecule has 2 saturated carbocycles. The molecule has 0 aromatic carbocycles. The lowest BCUT2D eigenvalue weighted by atomic mass is 10.1. The van der Waals surface area contributed by atoms with Crippen LogP contribution >= 0.6 is 0 Å². The first-order chi connectivity index (χ1) is 8.03. The summed E-state index contributed by atoms with van der Waals surface area (Å²) in [5.41, 5.74) is 0. The molecule has 2 aliphatic carbocycles. The molecule has 0 radical (unpaired) electrons. The second-order valence-corrected chi connectivity index (χ2v) is 5.32. The van der Waals surface area contributed by atoms with Crippen molar-refractivity contribution in [3.8, 4) is 0 Å². The molecule has 0 bridgehead atoms. The van der Waals surface area contributed by atoms with Gasteiger partial charge >= 0.3 is 0 Å². The van der Waals surface area contributed by atoms with Crippen LogP contribution in [0.3, 0.4) is 0 Å². The zero-order valence-electron chi connectivity index (χ0n) is 10.8. The molecule has 4 heteroatoms. The zero-order valence-corrected chi connectivity index (χ0v) is 10.8. The van der Waals surface area contributed by atoms with E-state index in [1.807, 2.05) is 0 Å². The Labute approximate surface area is 104 Å². The van der Waals surface area contributed by atoms with Crippen LogP contribution in [0.15, 0.2) is 0 Å². The van der Waals surface area contributed by atoms with Gasteiger partial charge in [0, 0.05) is 12.8 Å². The SMILES string of the molecule is CC1CCC(OCCO)C1.OC1(O)CCCC1. The fourth-order valence-corrected chi connectivity index (χ4v) is 2.47. The van der Waals surface area contributed by atoms with E-state index < -0.39 is 5.79 Å². The lowest BCUT2D eigenvalue weighted by Gasteiger charge is -2.11. The first-order valence-corrected chi connectivity index (χ1v) is 6.71. The van der Waals surface area contributed by atoms with E-state index in [9.17, 15) is 0 Å². The van der Waals surface area contributed by atoms with E-state index in [-0.39, 0.29) is 6.61 Å². The Bertz CT molecular complexity index is 198. The smallest absolute Gasteiger partial charge is 0.162 e. The molecule has 4 nitrogen and oxygen atoms in total. The summed E-state index contributed by atoms with van der Waals surface area (Å²) < 4.78 is 5.37. The molecule has 0 spiro atoms. The molecule has 2 rings (SSSR count). The number of ether oxygens (including phenoxy) is 1. The highest BCUT2D eigenvalue weighted by atomic mass is 16.5. The van der Waals surface area contributed by atoms with Crippen molar-refractivity contribution in [3.05, 3.63) is 0 Å². The average Bonchev–Trinajstić information content (AvgIpc) is 2.85. The van der Waals surface area contributed by atoms with Gasteiger partial charge in [-0.2, -0.15) is 0 Å². The normalized spacial score (nSPS) is 31.1. The first-order valence-electron chi connectivity index (χ1n) is 6.71. The van der Waals surface area contributed by atoms with Gasteiger partial charge in [0.05, 0.1) is 19.3 Å². The molecule has 0 aromatic heterocycles. The highest BCUT2D eigenvalue weighted by Crippen LogP contribution is 2.27. The molecule has 2 aliphatic rings. The van der Waals surface area contributed by atoms with Gasteiger partial charge in [-0.3, -0.25) is 0 Å². The molecule has 0 amide bonds. The number of rotatable bonds is 3. The number of hydrogen-bond acceptors (Lipinski definition) is 4.